The van der Waals surface area contributed by atoms with Crippen molar-refractivity contribution in [3.8, 4) is 45.0 Å². The van der Waals surface area contributed by atoms with Gasteiger partial charge in [-0.25, -0.2) is 0 Å². The minimum atomic E-state index is 0.933. The zero-order valence-electron chi connectivity index (χ0n) is 22.9. The molecule has 2 aromatic heterocycles. The van der Waals surface area contributed by atoms with Crippen LogP contribution in [-0.2, 0) is 13.1 Å². The summed E-state index contributed by atoms with van der Waals surface area (Å²) in [6.07, 6.45) is 5.30. The first-order chi connectivity index (χ1) is 19.8. The smallest absolute Gasteiger partial charge is 0.0927 e. The Hall–Kier alpha value is -4.00. The third-order valence-electron chi connectivity index (χ3n) is 8.35. The van der Waals surface area contributed by atoms with Crippen LogP contribution in [0.5, 0.6) is 0 Å². The van der Waals surface area contributed by atoms with Crippen molar-refractivity contribution in [2.24, 2.45) is 0 Å². The molecule has 0 radical (unpaired) electrons. The van der Waals surface area contributed by atoms with Gasteiger partial charge >= 0.3 is 0 Å². The van der Waals surface area contributed by atoms with Crippen LogP contribution < -0.4 is 0 Å². The van der Waals surface area contributed by atoms with Gasteiger partial charge in [0.15, 0.2) is 0 Å². The van der Waals surface area contributed by atoms with E-state index < -0.39 is 0 Å². The maximum atomic E-state index is 4.64. The van der Waals surface area contributed by atoms with E-state index in [0.29, 0.717) is 0 Å². The summed E-state index contributed by atoms with van der Waals surface area (Å²) in [7, 11) is 0. The normalized spacial score (nSPS) is 16.2. The fourth-order valence-electron chi connectivity index (χ4n) is 6.05. The van der Waals surface area contributed by atoms with Crippen molar-refractivity contribution in [2.75, 3.05) is 26.2 Å². The van der Waals surface area contributed by atoms with Crippen LogP contribution in [0.25, 0.3) is 45.0 Å². The summed E-state index contributed by atoms with van der Waals surface area (Å²) in [6.45, 7) is 6.96. The van der Waals surface area contributed by atoms with E-state index in [0.717, 1.165) is 58.1 Å². The first-order valence-corrected chi connectivity index (χ1v) is 14.6. The van der Waals surface area contributed by atoms with Gasteiger partial charge in [0, 0.05) is 24.2 Å². The highest BCUT2D eigenvalue weighted by Crippen LogP contribution is 2.30. The van der Waals surface area contributed by atoms with Gasteiger partial charge in [-0.2, -0.15) is 10.2 Å². The highest BCUT2D eigenvalue weighted by molar-refractivity contribution is 5.74. The van der Waals surface area contributed by atoms with Gasteiger partial charge in [-0.15, -0.1) is 0 Å². The van der Waals surface area contributed by atoms with Gasteiger partial charge in [0.1, 0.15) is 0 Å². The van der Waals surface area contributed by atoms with E-state index in [1.807, 2.05) is 0 Å². The van der Waals surface area contributed by atoms with Gasteiger partial charge in [0.2, 0.25) is 0 Å². The molecule has 0 unspecified atom stereocenters. The summed E-state index contributed by atoms with van der Waals surface area (Å²) in [4.78, 5) is 5.06. The third kappa shape index (κ3) is 5.51. The Morgan fingerprint density at radius 2 is 0.925 bits per heavy atom. The van der Waals surface area contributed by atoms with Crippen molar-refractivity contribution < 1.29 is 0 Å². The average Bonchev–Trinajstić information content (AvgIpc) is 3.82. The lowest BCUT2D eigenvalue weighted by Crippen LogP contribution is -2.18. The molecule has 2 N–H and O–H groups in total. The number of nitrogens with zero attached hydrogens (tertiary/aromatic N) is 4. The first kappa shape index (κ1) is 25.0. The van der Waals surface area contributed by atoms with Crippen molar-refractivity contribution in [2.45, 2.75) is 38.8 Å². The van der Waals surface area contributed by atoms with Gasteiger partial charge in [0.25, 0.3) is 0 Å². The maximum absolute atomic E-state index is 4.64. The molecule has 6 heteroatoms. The number of rotatable bonds is 8. The molecule has 6 nitrogen and oxygen atoms in total. The lowest BCUT2D eigenvalue weighted by atomic mass is 10.0. The number of aromatic amines is 2. The Bertz CT molecular complexity index is 1440. The highest BCUT2D eigenvalue weighted by atomic mass is 15.1. The molecule has 0 aliphatic carbocycles. The van der Waals surface area contributed by atoms with Crippen molar-refractivity contribution >= 4 is 0 Å². The number of likely N-dealkylation sites (tertiary alicyclic amines) is 2. The zero-order valence-corrected chi connectivity index (χ0v) is 22.9. The largest absolute Gasteiger partial charge is 0.299 e. The molecule has 3 aromatic carbocycles. The molecule has 40 heavy (non-hydrogen) atoms. The van der Waals surface area contributed by atoms with E-state index >= 15 is 0 Å². The highest BCUT2D eigenvalue weighted by Gasteiger charge is 2.14. The molecule has 2 fully saturated rings. The number of benzene rings is 3. The number of hydrogen-bond donors (Lipinski definition) is 2. The molecular formula is C34H36N6. The second-order valence-corrected chi connectivity index (χ2v) is 11.3. The quantitative estimate of drug-likeness (QED) is 0.228. The van der Waals surface area contributed by atoms with Gasteiger partial charge in [-0.1, -0.05) is 66.7 Å². The number of nitrogens with one attached hydrogen (secondary N) is 2. The summed E-state index contributed by atoms with van der Waals surface area (Å²) in [5.74, 6) is 0. The molecule has 2 aliphatic rings. The topological polar surface area (TPSA) is 63.8 Å². The molecule has 0 atom stereocenters. The number of aromatic nitrogens is 4. The second-order valence-electron chi connectivity index (χ2n) is 11.3. The van der Waals surface area contributed by atoms with Crippen LogP contribution in [0.15, 0.2) is 84.9 Å². The van der Waals surface area contributed by atoms with Crippen LogP contribution in [0.2, 0.25) is 0 Å². The van der Waals surface area contributed by atoms with Crippen LogP contribution in [0.1, 0.15) is 36.8 Å². The summed E-state index contributed by atoms with van der Waals surface area (Å²) in [5, 5.41) is 15.8. The molecule has 0 spiro atoms. The molecule has 4 heterocycles. The number of hydrogen-bond acceptors (Lipinski definition) is 4. The van der Waals surface area contributed by atoms with Gasteiger partial charge in [0.05, 0.1) is 22.8 Å². The van der Waals surface area contributed by atoms with Gasteiger partial charge in [-0.05, 0) is 92.3 Å². The Labute approximate surface area is 236 Å². The van der Waals surface area contributed by atoms with E-state index in [-0.39, 0.29) is 0 Å². The van der Waals surface area contributed by atoms with Crippen LogP contribution in [-0.4, -0.2) is 56.4 Å². The van der Waals surface area contributed by atoms with Crippen molar-refractivity contribution in [3.05, 3.63) is 96.1 Å². The van der Waals surface area contributed by atoms with Crippen molar-refractivity contribution in [1.29, 1.82) is 0 Å². The molecule has 2 saturated heterocycles. The zero-order chi connectivity index (χ0) is 26.7. The SMILES string of the molecule is c1cc(-c2cc(-c3ccc(CN4CCCC4)cc3)[nH]n2)cc(-c2cc(-c3ccc(CN4CCCC4)cc3)[nH]n2)c1. The third-order valence-corrected chi connectivity index (χ3v) is 8.35. The Morgan fingerprint density at radius 1 is 0.500 bits per heavy atom. The molecule has 0 bridgehead atoms. The summed E-state index contributed by atoms with van der Waals surface area (Å²) in [5.41, 5.74) is 11.1. The van der Waals surface area contributed by atoms with Crippen molar-refractivity contribution in [3.63, 3.8) is 0 Å². The Morgan fingerprint density at radius 3 is 1.35 bits per heavy atom. The average molecular weight is 529 g/mol. The van der Waals surface area contributed by atoms with Crippen LogP contribution in [0.3, 0.4) is 0 Å². The van der Waals surface area contributed by atoms with E-state index in [4.69, 9.17) is 0 Å². The van der Waals surface area contributed by atoms with E-state index in [1.54, 1.807) is 0 Å². The molecule has 202 valence electrons. The summed E-state index contributed by atoms with van der Waals surface area (Å²) in [6, 6.07) is 30.5. The lowest BCUT2D eigenvalue weighted by Gasteiger charge is -2.14. The first-order valence-electron chi connectivity index (χ1n) is 14.6. The van der Waals surface area contributed by atoms with Gasteiger partial charge in [-0.3, -0.25) is 20.0 Å². The Balaban J connectivity index is 1.04. The predicted molar refractivity (Wildman–Crippen MR) is 161 cm³/mol. The second kappa shape index (κ2) is 11.2. The fraction of sp³-hybridized carbons (Fsp3) is 0.294. The molecule has 2 aliphatic heterocycles. The van der Waals surface area contributed by atoms with Gasteiger partial charge < -0.3 is 0 Å². The van der Waals surface area contributed by atoms with E-state index in [2.05, 4.69) is 115 Å². The standard InChI is InChI=1S/C34H36N6/c1-2-17-39(16-1)23-25-8-12-27(13-9-25)31-21-33(37-35-31)29-6-5-7-30(20-29)34-22-32(36-38-34)28-14-10-26(11-15-28)24-40-18-3-4-19-40/h5-15,20-22H,1-4,16-19,23-24H2,(H,35,37)(H,36,38). The fourth-order valence-corrected chi connectivity index (χ4v) is 6.05. The molecule has 0 amide bonds. The number of H-pyrrole nitrogens is 2. The minimum Gasteiger partial charge on any atom is -0.299 e. The monoisotopic (exact) mass is 528 g/mol. The minimum absolute atomic E-state index is 0.933. The Kier molecular flexibility index (Phi) is 7.02. The predicted octanol–water partition coefficient (Wildman–Crippen LogP) is 6.99. The van der Waals surface area contributed by atoms with Crippen LogP contribution >= 0.6 is 0 Å². The maximum Gasteiger partial charge on any atom is 0.0927 e. The molecule has 7 rings (SSSR count). The van der Waals surface area contributed by atoms with Crippen LogP contribution in [0, 0.1) is 0 Å². The molecule has 5 aromatic rings. The lowest BCUT2D eigenvalue weighted by molar-refractivity contribution is 0.331. The van der Waals surface area contributed by atoms with Crippen molar-refractivity contribution in [1.82, 2.24) is 30.2 Å². The summed E-state index contributed by atoms with van der Waals surface area (Å²) >= 11 is 0. The molecular weight excluding hydrogens is 492 g/mol. The molecule has 0 saturated carbocycles. The van der Waals surface area contributed by atoms with Crippen LogP contribution in [0.4, 0.5) is 0 Å². The van der Waals surface area contributed by atoms with E-state index in [1.165, 1.54) is 63.0 Å². The van der Waals surface area contributed by atoms with E-state index in [9.17, 15) is 0 Å². The summed E-state index contributed by atoms with van der Waals surface area (Å²) < 4.78 is 0.